The summed E-state index contributed by atoms with van der Waals surface area (Å²) in [7, 11) is 1.41. The predicted molar refractivity (Wildman–Crippen MR) is 122 cm³/mol. The lowest BCUT2D eigenvalue weighted by molar-refractivity contribution is 0.0577. The molecule has 0 amide bonds. The molecule has 1 fully saturated rings. The number of aromatic nitrogens is 6. The molecule has 34 heavy (non-hydrogen) atoms. The lowest BCUT2D eigenvalue weighted by Gasteiger charge is -2.36. The van der Waals surface area contributed by atoms with Crippen LogP contribution in [0.3, 0.4) is 0 Å². The van der Waals surface area contributed by atoms with E-state index < -0.39 is 17.1 Å². The lowest BCUT2D eigenvalue weighted by atomic mass is 9.93. The lowest BCUT2D eigenvalue weighted by Crippen LogP contribution is -2.44. The van der Waals surface area contributed by atoms with Crippen molar-refractivity contribution in [2.24, 2.45) is 0 Å². The average molecular weight is 473 g/mol. The first kappa shape index (κ1) is 22.3. The van der Waals surface area contributed by atoms with Crippen molar-refractivity contribution in [1.82, 2.24) is 29.4 Å². The highest BCUT2D eigenvalue weighted by atomic mass is 19.1. The van der Waals surface area contributed by atoms with E-state index in [1.54, 1.807) is 30.9 Å². The number of benzene rings is 1. The Labute approximate surface area is 194 Å². The number of hydrogen-bond acceptors (Lipinski definition) is 8. The van der Waals surface area contributed by atoms with Crippen LogP contribution in [-0.2, 0) is 12.2 Å². The summed E-state index contributed by atoms with van der Waals surface area (Å²) in [6.07, 6.45) is 4.23. The van der Waals surface area contributed by atoms with Crippen molar-refractivity contribution in [3.8, 4) is 5.75 Å². The summed E-state index contributed by atoms with van der Waals surface area (Å²) in [6.45, 7) is 4.36. The van der Waals surface area contributed by atoms with E-state index in [4.69, 9.17) is 10.5 Å². The van der Waals surface area contributed by atoms with Gasteiger partial charge in [0, 0.05) is 18.8 Å². The van der Waals surface area contributed by atoms with E-state index in [1.165, 1.54) is 23.8 Å². The molecular weight excluding hydrogens is 446 g/mol. The highest BCUT2D eigenvalue weighted by Crippen LogP contribution is 2.37. The summed E-state index contributed by atoms with van der Waals surface area (Å²) in [6, 6.07) is 2.46. The summed E-state index contributed by atoms with van der Waals surface area (Å²) < 4.78 is 38.6. The zero-order valence-electron chi connectivity index (χ0n) is 19.2. The summed E-state index contributed by atoms with van der Waals surface area (Å²) in [5.41, 5.74) is 4.57. The first-order chi connectivity index (χ1) is 16.1. The topological polar surface area (TPSA) is 120 Å². The Morgan fingerprint density at radius 2 is 2.09 bits per heavy atom. The van der Waals surface area contributed by atoms with Gasteiger partial charge in [-0.15, -0.1) is 5.10 Å². The number of nitrogen functional groups attached to an aromatic ring is 1. The highest BCUT2D eigenvalue weighted by Gasteiger charge is 2.42. The van der Waals surface area contributed by atoms with Gasteiger partial charge >= 0.3 is 0 Å². The Kier molecular flexibility index (Phi) is 5.08. The van der Waals surface area contributed by atoms with E-state index in [0.717, 1.165) is 5.69 Å². The highest BCUT2D eigenvalue weighted by molar-refractivity contribution is 5.96. The van der Waals surface area contributed by atoms with Gasteiger partial charge in [-0.05, 0) is 32.8 Å². The Morgan fingerprint density at radius 3 is 2.82 bits per heavy atom. The third kappa shape index (κ3) is 3.87. The molecule has 180 valence electrons. The molecule has 0 unspecified atom stereocenters. The molecular formula is C22H26F2N8O2. The third-order valence-corrected chi connectivity index (χ3v) is 5.93. The molecule has 4 heterocycles. The van der Waals surface area contributed by atoms with Crippen molar-refractivity contribution in [3.63, 3.8) is 0 Å². The second kappa shape index (κ2) is 7.76. The Balaban J connectivity index is 1.52. The SMILES string of the molecule is COc1cc(F)cc2c1nc(N)n1nc([C@]3(F)CCCN(c4cnn(CC(C)(C)O)c4)C3)nc21. The number of methoxy groups -OCH3 is 1. The van der Waals surface area contributed by atoms with Crippen LogP contribution in [0.2, 0.25) is 0 Å². The van der Waals surface area contributed by atoms with Crippen LogP contribution < -0.4 is 15.4 Å². The van der Waals surface area contributed by atoms with Crippen molar-refractivity contribution < 1.29 is 18.6 Å². The normalized spacial score (nSPS) is 19.3. The fraction of sp³-hybridized carbons (Fsp3) is 0.455. The Hall–Kier alpha value is -3.54. The second-order valence-corrected chi connectivity index (χ2v) is 9.34. The summed E-state index contributed by atoms with van der Waals surface area (Å²) >= 11 is 0. The first-order valence-electron chi connectivity index (χ1n) is 10.9. The number of piperidine rings is 1. The molecule has 5 rings (SSSR count). The maximum absolute atomic E-state index is 16.3. The number of nitrogens with zero attached hydrogens (tertiary/aromatic N) is 7. The molecule has 0 aliphatic carbocycles. The van der Waals surface area contributed by atoms with Crippen LogP contribution in [-0.4, -0.2) is 60.3 Å². The predicted octanol–water partition coefficient (Wildman–Crippen LogP) is 2.44. The van der Waals surface area contributed by atoms with Gasteiger partial charge in [-0.25, -0.2) is 18.7 Å². The number of alkyl halides is 1. The fourth-order valence-corrected chi connectivity index (χ4v) is 4.43. The van der Waals surface area contributed by atoms with Crippen LogP contribution in [0.15, 0.2) is 24.5 Å². The van der Waals surface area contributed by atoms with E-state index in [9.17, 15) is 9.50 Å². The van der Waals surface area contributed by atoms with Crippen molar-refractivity contribution in [3.05, 3.63) is 36.2 Å². The number of anilines is 2. The van der Waals surface area contributed by atoms with E-state index in [0.29, 0.717) is 30.4 Å². The molecule has 1 aliphatic rings. The fourth-order valence-electron chi connectivity index (χ4n) is 4.43. The molecule has 1 atom stereocenters. The van der Waals surface area contributed by atoms with Crippen molar-refractivity contribution in [2.75, 3.05) is 30.8 Å². The van der Waals surface area contributed by atoms with Crippen LogP contribution in [0, 0.1) is 5.82 Å². The Morgan fingerprint density at radius 1 is 1.29 bits per heavy atom. The van der Waals surface area contributed by atoms with Gasteiger partial charge in [-0.2, -0.15) is 9.61 Å². The maximum Gasteiger partial charge on any atom is 0.223 e. The van der Waals surface area contributed by atoms with Gasteiger partial charge in [0.05, 0.1) is 43.1 Å². The summed E-state index contributed by atoms with van der Waals surface area (Å²) in [4.78, 5) is 10.6. The van der Waals surface area contributed by atoms with Gasteiger partial charge in [0.25, 0.3) is 0 Å². The molecule has 1 saturated heterocycles. The Bertz CT molecular complexity index is 1380. The molecule has 0 radical (unpaired) electrons. The number of fused-ring (bicyclic) bond motifs is 3. The number of halogens is 2. The van der Waals surface area contributed by atoms with E-state index >= 15 is 4.39 Å². The smallest absolute Gasteiger partial charge is 0.223 e. The molecule has 3 aromatic heterocycles. The van der Waals surface area contributed by atoms with E-state index in [-0.39, 0.29) is 36.1 Å². The maximum atomic E-state index is 16.3. The molecule has 1 aromatic carbocycles. The largest absolute Gasteiger partial charge is 0.494 e. The second-order valence-electron chi connectivity index (χ2n) is 9.34. The van der Waals surface area contributed by atoms with Gasteiger partial charge in [0.2, 0.25) is 5.95 Å². The van der Waals surface area contributed by atoms with E-state index in [1.807, 2.05) is 4.90 Å². The van der Waals surface area contributed by atoms with Crippen LogP contribution >= 0.6 is 0 Å². The summed E-state index contributed by atoms with van der Waals surface area (Å²) in [5, 5.41) is 19.0. The zero-order chi connectivity index (χ0) is 24.3. The van der Waals surface area contributed by atoms with Gasteiger partial charge in [0.15, 0.2) is 17.1 Å². The standard InChI is InChI=1S/C22H26F2N8O2/c1-21(2,33)11-31-10-14(9-26-31)30-6-4-5-22(24,12-30)19-28-18-15-7-13(23)8-16(34-3)17(15)27-20(25)32(18)29-19/h7-10,33H,4-6,11-12H2,1-3H3,(H2,25,27)/t22-/m0/s1. The van der Waals surface area contributed by atoms with Gasteiger partial charge in [-0.3, -0.25) is 4.68 Å². The molecule has 3 N–H and O–H groups in total. The monoisotopic (exact) mass is 472 g/mol. The van der Waals surface area contributed by atoms with Crippen molar-refractivity contribution >= 4 is 28.2 Å². The van der Waals surface area contributed by atoms with Gasteiger partial charge < -0.3 is 20.5 Å². The first-order valence-corrected chi connectivity index (χ1v) is 10.9. The average Bonchev–Trinajstić information content (AvgIpc) is 3.41. The van der Waals surface area contributed by atoms with Crippen LogP contribution in [0.25, 0.3) is 16.6 Å². The molecule has 0 spiro atoms. The number of ether oxygens (including phenoxy) is 1. The molecule has 1 aliphatic heterocycles. The van der Waals surface area contributed by atoms with Gasteiger partial charge in [0.1, 0.15) is 17.1 Å². The third-order valence-electron chi connectivity index (χ3n) is 5.93. The minimum absolute atomic E-state index is 0.00433. The minimum Gasteiger partial charge on any atom is -0.494 e. The van der Waals surface area contributed by atoms with Gasteiger partial charge in [-0.1, -0.05) is 0 Å². The van der Waals surface area contributed by atoms with Crippen LogP contribution in [0.1, 0.15) is 32.5 Å². The molecule has 0 saturated carbocycles. The number of rotatable bonds is 5. The zero-order valence-corrected chi connectivity index (χ0v) is 19.2. The van der Waals surface area contributed by atoms with Crippen molar-refractivity contribution in [2.45, 2.75) is 44.5 Å². The minimum atomic E-state index is -1.86. The molecule has 0 bridgehead atoms. The molecule has 10 nitrogen and oxygen atoms in total. The molecule has 12 heteroatoms. The van der Waals surface area contributed by atoms with Crippen LogP contribution in [0.4, 0.5) is 20.4 Å². The van der Waals surface area contributed by atoms with E-state index in [2.05, 4.69) is 20.2 Å². The quantitative estimate of drug-likeness (QED) is 0.455. The number of aliphatic hydroxyl groups is 1. The summed E-state index contributed by atoms with van der Waals surface area (Å²) in [5.74, 6) is -0.375. The number of nitrogens with two attached hydrogens (primary N) is 1. The van der Waals surface area contributed by atoms with Crippen molar-refractivity contribution in [1.29, 1.82) is 0 Å². The number of hydrogen-bond donors (Lipinski definition) is 2. The molecule has 4 aromatic rings. The van der Waals surface area contributed by atoms with Crippen LogP contribution in [0.5, 0.6) is 5.75 Å².